The van der Waals surface area contributed by atoms with E-state index >= 15 is 0 Å². The van der Waals surface area contributed by atoms with Gasteiger partial charge in [0.05, 0.1) is 18.8 Å². The van der Waals surface area contributed by atoms with Crippen LogP contribution in [-0.4, -0.2) is 69.1 Å². The molecule has 152 valence electrons. The zero-order valence-corrected chi connectivity index (χ0v) is 16.7. The highest BCUT2D eigenvalue weighted by Crippen LogP contribution is 2.25. The third-order valence-corrected chi connectivity index (χ3v) is 5.64. The molecular weight excluding hydrogens is 366 g/mol. The molecule has 1 aliphatic heterocycles. The summed E-state index contributed by atoms with van der Waals surface area (Å²) in [6, 6.07) is 15.2. The summed E-state index contributed by atoms with van der Waals surface area (Å²) in [4.78, 5) is 16.3. The molecule has 0 bridgehead atoms. The van der Waals surface area contributed by atoms with E-state index in [0.29, 0.717) is 5.69 Å². The molecule has 1 saturated heterocycles. The fourth-order valence-electron chi connectivity index (χ4n) is 4.06. The molecule has 0 radical (unpaired) electrons. The summed E-state index contributed by atoms with van der Waals surface area (Å²) >= 11 is 0. The molecule has 0 aliphatic carbocycles. The molecule has 0 saturated carbocycles. The second kappa shape index (κ2) is 8.71. The van der Waals surface area contributed by atoms with E-state index in [1.54, 1.807) is 13.2 Å². The minimum Gasteiger partial charge on any atom is -0.395 e. The Labute approximate surface area is 170 Å². The first-order valence-electron chi connectivity index (χ1n) is 10.1. The van der Waals surface area contributed by atoms with Gasteiger partial charge in [-0.1, -0.05) is 47.7 Å². The molecule has 1 aromatic heterocycles. The normalized spacial score (nSPS) is 17.5. The number of aromatic nitrogens is 3. The predicted octanol–water partition coefficient (Wildman–Crippen LogP) is 2.33. The number of fused-ring (bicyclic) bond motifs is 1. The average molecular weight is 393 g/mol. The Morgan fingerprint density at radius 2 is 2.07 bits per heavy atom. The van der Waals surface area contributed by atoms with Crippen LogP contribution in [0.2, 0.25) is 0 Å². The maximum atomic E-state index is 12.3. The first-order chi connectivity index (χ1) is 14.2. The lowest BCUT2D eigenvalue weighted by atomic mass is 10.0. The lowest BCUT2D eigenvalue weighted by Crippen LogP contribution is -2.36. The lowest BCUT2D eigenvalue weighted by molar-refractivity contribution is 0.0761. The molecule has 1 aliphatic rings. The smallest absolute Gasteiger partial charge is 0.275 e. The van der Waals surface area contributed by atoms with Gasteiger partial charge < -0.3 is 10.0 Å². The monoisotopic (exact) mass is 393 g/mol. The summed E-state index contributed by atoms with van der Waals surface area (Å²) in [5, 5.41) is 19.9. The van der Waals surface area contributed by atoms with Gasteiger partial charge in [-0.2, -0.15) is 0 Å². The first kappa shape index (κ1) is 19.5. The van der Waals surface area contributed by atoms with E-state index in [2.05, 4.69) is 57.7 Å². The SMILES string of the molecule is CN(CCO)C(=O)c1cn(C2CCCN(Cc3cccc4ccccc34)C2)nn1. The number of likely N-dealkylation sites (N-methyl/N-ethyl adjacent to an activating group) is 1. The third kappa shape index (κ3) is 4.31. The minimum atomic E-state index is -0.214. The zero-order valence-electron chi connectivity index (χ0n) is 16.7. The van der Waals surface area contributed by atoms with Crippen LogP contribution in [0.3, 0.4) is 0 Å². The lowest BCUT2D eigenvalue weighted by Gasteiger charge is -2.32. The maximum Gasteiger partial charge on any atom is 0.275 e. The van der Waals surface area contributed by atoms with Crippen LogP contribution >= 0.6 is 0 Å². The number of amides is 1. The van der Waals surface area contributed by atoms with Crippen molar-refractivity contribution in [2.24, 2.45) is 0 Å². The number of aliphatic hydroxyl groups is 1. The molecule has 3 aromatic rings. The first-order valence-corrected chi connectivity index (χ1v) is 10.1. The number of hydrogen-bond acceptors (Lipinski definition) is 5. The van der Waals surface area contributed by atoms with E-state index in [9.17, 15) is 4.79 Å². The second-order valence-corrected chi connectivity index (χ2v) is 7.70. The zero-order chi connectivity index (χ0) is 20.2. The topological polar surface area (TPSA) is 74.5 Å². The number of rotatable bonds is 6. The Hall–Kier alpha value is -2.77. The number of carbonyl (C=O) groups is 1. The van der Waals surface area contributed by atoms with E-state index in [1.165, 1.54) is 21.2 Å². The fourth-order valence-corrected chi connectivity index (χ4v) is 4.06. The quantitative estimate of drug-likeness (QED) is 0.696. The van der Waals surface area contributed by atoms with Crippen molar-refractivity contribution in [2.45, 2.75) is 25.4 Å². The molecular formula is C22H27N5O2. The number of likely N-dealkylation sites (tertiary alicyclic amines) is 1. The Morgan fingerprint density at radius 3 is 2.93 bits per heavy atom. The van der Waals surface area contributed by atoms with Crippen molar-refractivity contribution in [1.82, 2.24) is 24.8 Å². The highest BCUT2D eigenvalue weighted by molar-refractivity contribution is 5.91. The van der Waals surface area contributed by atoms with Crippen LogP contribution in [0, 0.1) is 0 Å². The number of carbonyl (C=O) groups excluding carboxylic acids is 1. The van der Waals surface area contributed by atoms with Crippen molar-refractivity contribution in [1.29, 1.82) is 0 Å². The van der Waals surface area contributed by atoms with Crippen molar-refractivity contribution in [3.8, 4) is 0 Å². The highest BCUT2D eigenvalue weighted by atomic mass is 16.3. The van der Waals surface area contributed by atoms with Gasteiger partial charge >= 0.3 is 0 Å². The Balaban J connectivity index is 1.45. The van der Waals surface area contributed by atoms with Crippen molar-refractivity contribution in [2.75, 3.05) is 33.3 Å². The van der Waals surface area contributed by atoms with Crippen LogP contribution in [0.1, 0.15) is 34.9 Å². The van der Waals surface area contributed by atoms with Crippen molar-refractivity contribution in [3.63, 3.8) is 0 Å². The second-order valence-electron chi connectivity index (χ2n) is 7.70. The van der Waals surface area contributed by atoms with E-state index in [4.69, 9.17) is 5.11 Å². The van der Waals surface area contributed by atoms with Crippen LogP contribution in [0.25, 0.3) is 10.8 Å². The Bertz CT molecular complexity index is 981. The molecule has 2 aromatic carbocycles. The van der Waals surface area contributed by atoms with Gasteiger partial charge in [0, 0.05) is 26.7 Å². The third-order valence-electron chi connectivity index (χ3n) is 5.64. The predicted molar refractivity (Wildman–Crippen MR) is 112 cm³/mol. The molecule has 1 amide bonds. The van der Waals surface area contributed by atoms with Crippen molar-refractivity contribution in [3.05, 3.63) is 59.9 Å². The largest absolute Gasteiger partial charge is 0.395 e. The van der Waals surface area contributed by atoms with Crippen molar-refractivity contribution >= 4 is 16.7 Å². The van der Waals surface area contributed by atoms with E-state index in [0.717, 1.165) is 32.5 Å². The van der Waals surface area contributed by atoms with Crippen LogP contribution < -0.4 is 0 Å². The van der Waals surface area contributed by atoms with E-state index < -0.39 is 0 Å². The van der Waals surface area contributed by atoms with Crippen LogP contribution in [0.15, 0.2) is 48.7 Å². The van der Waals surface area contributed by atoms with Crippen molar-refractivity contribution < 1.29 is 9.90 Å². The van der Waals surface area contributed by atoms with Gasteiger partial charge in [0.1, 0.15) is 0 Å². The van der Waals surface area contributed by atoms with Gasteiger partial charge in [0.15, 0.2) is 5.69 Å². The standard InChI is InChI=1S/C22H27N5O2/c1-25(12-13-28)22(29)21-16-27(24-23-21)19-9-5-11-26(15-19)14-18-8-4-7-17-6-2-3-10-20(17)18/h2-4,6-8,10,16,19,28H,5,9,11-15H2,1H3. The van der Waals surface area contributed by atoms with Gasteiger partial charge in [-0.05, 0) is 35.7 Å². The van der Waals surface area contributed by atoms with Gasteiger partial charge in [0.25, 0.3) is 5.91 Å². The molecule has 1 fully saturated rings. The number of nitrogens with zero attached hydrogens (tertiary/aromatic N) is 5. The maximum absolute atomic E-state index is 12.3. The van der Waals surface area contributed by atoms with Crippen LogP contribution in [0.4, 0.5) is 0 Å². The van der Waals surface area contributed by atoms with Gasteiger partial charge in [-0.15, -0.1) is 5.10 Å². The summed E-state index contributed by atoms with van der Waals surface area (Å²) in [6.07, 6.45) is 3.85. The summed E-state index contributed by atoms with van der Waals surface area (Å²) in [5.74, 6) is -0.214. The Morgan fingerprint density at radius 1 is 1.24 bits per heavy atom. The summed E-state index contributed by atoms with van der Waals surface area (Å²) in [6.45, 7) is 3.06. The van der Waals surface area contributed by atoms with Gasteiger partial charge in [-0.25, -0.2) is 4.68 Å². The summed E-state index contributed by atoms with van der Waals surface area (Å²) in [7, 11) is 1.66. The van der Waals surface area contributed by atoms with E-state index in [-0.39, 0.29) is 25.1 Å². The molecule has 7 nitrogen and oxygen atoms in total. The molecule has 1 atom stereocenters. The minimum absolute atomic E-state index is 0.0673. The number of hydrogen-bond donors (Lipinski definition) is 1. The number of piperidine rings is 1. The molecule has 1 N–H and O–H groups in total. The van der Waals surface area contributed by atoms with Gasteiger partial charge in [-0.3, -0.25) is 9.69 Å². The Kier molecular flexibility index (Phi) is 5.87. The molecule has 29 heavy (non-hydrogen) atoms. The average Bonchev–Trinajstić information content (AvgIpc) is 3.24. The van der Waals surface area contributed by atoms with Crippen LogP contribution in [-0.2, 0) is 6.54 Å². The number of aliphatic hydroxyl groups excluding tert-OH is 1. The molecule has 2 heterocycles. The molecule has 7 heteroatoms. The summed E-state index contributed by atoms with van der Waals surface area (Å²) < 4.78 is 1.83. The van der Waals surface area contributed by atoms with E-state index in [1.807, 2.05) is 4.68 Å². The van der Waals surface area contributed by atoms with Crippen LogP contribution in [0.5, 0.6) is 0 Å². The molecule has 1 unspecified atom stereocenters. The highest BCUT2D eigenvalue weighted by Gasteiger charge is 2.24. The molecule has 4 rings (SSSR count). The summed E-state index contributed by atoms with van der Waals surface area (Å²) in [5.41, 5.74) is 1.66. The molecule has 0 spiro atoms. The number of benzene rings is 2. The fraction of sp³-hybridized carbons (Fsp3) is 0.409. The van der Waals surface area contributed by atoms with Gasteiger partial charge in [0.2, 0.25) is 0 Å².